The lowest BCUT2D eigenvalue weighted by Gasteiger charge is -2.36. The van der Waals surface area contributed by atoms with Crippen molar-refractivity contribution in [3.05, 3.63) is 42.5 Å². The van der Waals surface area contributed by atoms with E-state index in [0.29, 0.717) is 12.6 Å². The highest BCUT2D eigenvalue weighted by Crippen LogP contribution is 2.20. The van der Waals surface area contributed by atoms with Crippen LogP contribution in [0.5, 0.6) is 5.75 Å². The van der Waals surface area contributed by atoms with Crippen LogP contribution in [0.4, 0.5) is 0 Å². The van der Waals surface area contributed by atoms with Crippen LogP contribution in [0, 0.1) is 0 Å². The molecule has 1 aliphatic heterocycles. The highest BCUT2D eigenvalue weighted by molar-refractivity contribution is 5.83. The van der Waals surface area contributed by atoms with Gasteiger partial charge in [0, 0.05) is 52.4 Å². The van der Waals surface area contributed by atoms with Crippen molar-refractivity contribution in [1.82, 2.24) is 20.4 Å². The zero-order chi connectivity index (χ0) is 20.5. The summed E-state index contributed by atoms with van der Waals surface area (Å²) in [6.07, 6.45) is 0.918. The second-order valence-corrected chi connectivity index (χ2v) is 7.78. The van der Waals surface area contributed by atoms with E-state index in [1.54, 1.807) is 0 Å². The van der Waals surface area contributed by atoms with Crippen molar-refractivity contribution < 1.29 is 4.74 Å². The van der Waals surface area contributed by atoms with Gasteiger partial charge in [-0.25, -0.2) is 0 Å². The standard InChI is InChI=1S/C23H35N5O/c1-19(28-14-12-27(3)13-15-28)18-26-23(24-2)25-11-6-16-29-22-10-9-20-7-4-5-8-21(20)17-22/h4-5,7-10,17,19H,6,11-16,18H2,1-3H3,(H2,24,25,26). The van der Waals surface area contributed by atoms with Crippen molar-refractivity contribution in [2.75, 3.05) is 60.0 Å². The minimum absolute atomic E-state index is 0.499. The fraction of sp³-hybridized carbons (Fsp3) is 0.522. The molecule has 0 radical (unpaired) electrons. The molecule has 1 unspecified atom stereocenters. The third-order valence-electron chi connectivity index (χ3n) is 5.55. The van der Waals surface area contributed by atoms with Crippen molar-refractivity contribution >= 4 is 16.7 Å². The summed E-state index contributed by atoms with van der Waals surface area (Å²) in [5.41, 5.74) is 0. The zero-order valence-corrected chi connectivity index (χ0v) is 18.0. The second kappa shape index (κ2) is 11.0. The van der Waals surface area contributed by atoms with Crippen LogP contribution in [0.3, 0.4) is 0 Å². The van der Waals surface area contributed by atoms with Gasteiger partial charge < -0.3 is 20.3 Å². The number of nitrogens with one attached hydrogen (secondary N) is 2. The number of rotatable bonds is 8. The van der Waals surface area contributed by atoms with Crippen molar-refractivity contribution in [2.45, 2.75) is 19.4 Å². The summed E-state index contributed by atoms with van der Waals surface area (Å²) in [5.74, 6) is 1.78. The predicted molar refractivity (Wildman–Crippen MR) is 122 cm³/mol. The monoisotopic (exact) mass is 397 g/mol. The lowest BCUT2D eigenvalue weighted by atomic mass is 10.1. The molecule has 2 N–H and O–H groups in total. The van der Waals surface area contributed by atoms with Crippen LogP contribution in [0.15, 0.2) is 47.5 Å². The number of guanidine groups is 1. The molecular weight excluding hydrogens is 362 g/mol. The Morgan fingerprint density at radius 3 is 2.59 bits per heavy atom. The Morgan fingerprint density at radius 2 is 1.83 bits per heavy atom. The van der Waals surface area contributed by atoms with E-state index in [-0.39, 0.29) is 0 Å². The molecule has 0 saturated carbocycles. The number of likely N-dealkylation sites (N-methyl/N-ethyl adjacent to an activating group) is 1. The molecule has 29 heavy (non-hydrogen) atoms. The third-order valence-corrected chi connectivity index (χ3v) is 5.55. The van der Waals surface area contributed by atoms with Crippen LogP contribution in [0.2, 0.25) is 0 Å². The zero-order valence-electron chi connectivity index (χ0n) is 18.0. The van der Waals surface area contributed by atoms with Crippen LogP contribution in [-0.2, 0) is 0 Å². The summed E-state index contributed by atoms with van der Waals surface area (Å²) in [6, 6.07) is 15.1. The molecule has 6 nitrogen and oxygen atoms in total. The third kappa shape index (κ3) is 6.61. The maximum Gasteiger partial charge on any atom is 0.191 e. The highest BCUT2D eigenvalue weighted by Gasteiger charge is 2.18. The number of aliphatic imine (C=N–C) groups is 1. The van der Waals surface area contributed by atoms with Crippen molar-refractivity contribution in [2.24, 2.45) is 4.99 Å². The van der Waals surface area contributed by atoms with E-state index in [4.69, 9.17) is 4.74 Å². The Bertz CT molecular complexity index is 786. The molecule has 0 aliphatic carbocycles. The molecule has 6 heteroatoms. The first kappa shape index (κ1) is 21.4. The molecule has 2 aromatic carbocycles. The van der Waals surface area contributed by atoms with E-state index in [1.165, 1.54) is 10.8 Å². The van der Waals surface area contributed by atoms with Crippen molar-refractivity contribution in [3.8, 4) is 5.75 Å². The molecule has 3 rings (SSSR count). The van der Waals surface area contributed by atoms with Gasteiger partial charge in [0.05, 0.1) is 6.61 Å². The van der Waals surface area contributed by atoms with Gasteiger partial charge in [0.15, 0.2) is 5.96 Å². The first-order valence-corrected chi connectivity index (χ1v) is 10.6. The minimum atomic E-state index is 0.499. The molecule has 0 spiro atoms. The maximum absolute atomic E-state index is 5.90. The summed E-state index contributed by atoms with van der Waals surface area (Å²) in [6.45, 7) is 9.26. The van der Waals surface area contributed by atoms with E-state index in [2.05, 4.69) is 75.8 Å². The first-order valence-electron chi connectivity index (χ1n) is 10.6. The number of piperazine rings is 1. The van der Waals surface area contributed by atoms with Gasteiger partial charge in [-0.1, -0.05) is 30.3 Å². The lowest BCUT2D eigenvalue weighted by molar-refractivity contribution is 0.120. The SMILES string of the molecule is CN=C(NCCCOc1ccc2ccccc2c1)NCC(C)N1CCN(C)CC1. The molecular formula is C23H35N5O. The fourth-order valence-corrected chi connectivity index (χ4v) is 3.58. The van der Waals surface area contributed by atoms with Gasteiger partial charge in [0.25, 0.3) is 0 Å². The summed E-state index contributed by atoms with van der Waals surface area (Å²) in [5, 5.41) is 9.28. The number of nitrogens with zero attached hydrogens (tertiary/aromatic N) is 3. The maximum atomic E-state index is 5.90. The second-order valence-electron chi connectivity index (χ2n) is 7.78. The van der Waals surface area contributed by atoms with Gasteiger partial charge in [0.1, 0.15) is 5.75 Å². The van der Waals surface area contributed by atoms with E-state index in [9.17, 15) is 0 Å². The van der Waals surface area contributed by atoms with Crippen molar-refractivity contribution in [1.29, 1.82) is 0 Å². The summed E-state index contributed by atoms with van der Waals surface area (Å²) in [4.78, 5) is 9.26. The Balaban J connectivity index is 1.32. The van der Waals surface area contributed by atoms with Crippen LogP contribution in [0.1, 0.15) is 13.3 Å². The number of benzene rings is 2. The molecule has 0 bridgehead atoms. The molecule has 0 aromatic heterocycles. The average molecular weight is 398 g/mol. The Labute approximate surface area is 174 Å². The topological polar surface area (TPSA) is 52.1 Å². The average Bonchev–Trinajstić information content (AvgIpc) is 2.75. The molecule has 1 fully saturated rings. The molecule has 2 aromatic rings. The van der Waals surface area contributed by atoms with Gasteiger partial charge in [0.2, 0.25) is 0 Å². The van der Waals surface area contributed by atoms with E-state index < -0.39 is 0 Å². The first-order chi connectivity index (χ1) is 14.2. The summed E-state index contributed by atoms with van der Waals surface area (Å²) in [7, 11) is 4.01. The molecule has 158 valence electrons. The molecule has 1 atom stereocenters. The van der Waals surface area contributed by atoms with Gasteiger partial charge >= 0.3 is 0 Å². The molecule has 1 aliphatic rings. The highest BCUT2D eigenvalue weighted by atomic mass is 16.5. The van der Waals surface area contributed by atoms with Crippen LogP contribution in [-0.4, -0.2) is 81.8 Å². The number of hydrogen-bond donors (Lipinski definition) is 2. The van der Waals surface area contributed by atoms with Crippen LogP contribution < -0.4 is 15.4 Å². The largest absolute Gasteiger partial charge is 0.494 e. The number of fused-ring (bicyclic) bond motifs is 1. The van der Waals surface area contributed by atoms with Gasteiger partial charge in [-0.05, 0) is 43.3 Å². The molecule has 1 heterocycles. The Hall–Kier alpha value is -2.31. The van der Waals surface area contributed by atoms with E-state index in [1.807, 2.05) is 13.1 Å². The molecule has 1 saturated heterocycles. The minimum Gasteiger partial charge on any atom is -0.494 e. The Morgan fingerprint density at radius 1 is 1.07 bits per heavy atom. The lowest BCUT2D eigenvalue weighted by Crippen LogP contribution is -2.52. The summed E-state index contributed by atoms with van der Waals surface area (Å²) >= 11 is 0. The number of hydrogen-bond acceptors (Lipinski definition) is 4. The molecule has 0 amide bonds. The van der Waals surface area contributed by atoms with E-state index in [0.717, 1.165) is 57.4 Å². The quantitative estimate of drug-likeness (QED) is 0.407. The van der Waals surface area contributed by atoms with E-state index >= 15 is 0 Å². The van der Waals surface area contributed by atoms with Gasteiger partial charge in [-0.15, -0.1) is 0 Å². The van der Waals surface area contributed by atoms with Gasteiger partial charge in [-0.2, -0.15) is 0 Å². The van der Waals surface area contributed by atoms with Gasteiger partial charge in [-0.3, -0.25) is 9.89 Å². The fourth-order valence-electron chi connectivity index (χ4n) is 3.58. The normalized spacial score (nSPS) is 17.3. The number of ether oxygens (including phenoxy) is 1. The predicted octanol–water partition coefficient (Wildman–Crippen LogP) is 2.41. The Kier molecular flexibility index (Phi) is 8.14. The van der Waals surface area contributed by atoms with Crippen LogP contribution in [0.25, 0.3) is 10.8 Å². The summed E-state index contributed by atoms with van der Waals surface area (Å²) < 4.78 is 5.90. The van der Waals surface area contributed by atoms with Crippen molar-refractivity contribution in [3.63, 3.8) is 0 Å². The smallest absolute Gasteiger partial charge is 0.191 e. The van der Waals surface area contributed by atoms with Crippen LogP contribution >= 0.6 is 0 Å².